The largest absolute Gasteiger partial charge is 0.361 e. The molecule has 1 saturated heterocycles. The second-order valence-corrected chi connectivity index (χ2v) is 7.12. The molecule has 2 aromatic heterocycles. The van der Waals surface area contributed by atoms with E-state index in [1.165, 1.54) is 28.5 Å². The first-order chi connectivity index (χ1) is 11.3. The van der Waals surface area contributed by atoms with E-state index in [1.54, 1.807) is 6.33 Å². The summed E-state index contributed by atoms with van der Waals surface area (Å²) in [6.07, 6.45) is 8.06. The monoisotopic (exact) mass is 307 g/mol. The van der Waals surface area contributed by atoms with Gasteiger partial charge in [0.05, 0.1) is 0 Å². The Hall–Kier alpha value is -2.14. The van der Waals surface area contributed by atoms with Crippen molar-refractivity contribution in [3.8, 4) is 0 Å². The Morgan fingerprint density at radius 3 is 3.17 bits per heavy atom. The summed E-state index contributed by atoms with van der Waals surface area (Å²) in [7, 11) is 2.28. The zero-order valence-electron chi connectivity index (χ0n) is 13.3. The molecule has 1 fully saturated rings. The van der Waals surface area contributed by atoms with E-state index < -0.39 is 0 Å². The van der Waals surface area contributed by atoms with Crippen LogP contribution in [0.25, 0.3) is 10.9 Å². The van der Waals surface area contributed by atoms with Crippen molar-refractivity contribution in [1.29, 1.82) is 0 Å². The molecule has 3 atom stereocenters. The zero-order chi connectivity index (χ0) is 15.4. The summed E-state index contributed by atoms with van der Waals surface area (Å²) in [6.45, 7) is 2.10. The van der Waals surface area contributed by atoms with E-state index >= 15 is 0 Å². The molecule has 1 aliphatic carbocycles. The average molecular weight is 307 g/mol. The van der Waals surface area contributed by atoms with Crippen LogP contribution in [0.4, 0.5) is 0 Å². The van der Waals surface area contributed by atoms with E-state index in [-0.39, 0.29) is 0 Å². The summed E-state index contributed by atoms with van der Waals surface area (Å²) in [6, 6.07) is 7.35. The van der Waals surface area contributed by atoms with Crippen LogP contribution in [0.5, 0.6) is 0 Å². The Morgan fingerprint density at radius 1 is 1.35 bits per heavy atom. The fourth-order valence-corrected chi connectivity index (χ4v) is 4.78. The van der Waals surface area contributed by atoms with Gasteiger partial charge < -0.3 is 9.88 Å². The Labute approximate surface area is 135 Å². The van der Waals surface area contributed by atoms with Gasteiger partial charge in [0.2, 0.25) is 0 Å². The molecule has 1 aliphatic heterocycles. The standard InChI is InChI=1S/C18H21N5/c1-22-8-12(9-23-11-19-10-21-23)5-15-14-3-2-4-16-18(14)13(7-20-16)6-17(15)22/h2-4,7,10-12,15,17,20H,5-6,8-9H2,1H3/t12-,15-,17-/m1/s1. The van der Waals surface area contributed by atoms with Gasteiger partial charge in [0.15, 0.2) is 0 Å². The summed E-state index contributed by atoms with van der Waals surface area (Å²) in [4.78, 5) is 10.1. The number of likely N-dealkylation sites (N-methyl/N-ethyl adjacent to an activating group) is 1. The molecular formula is C18H21N5. The third kappa shape index (κ3) is 2.03. The van der Waals surface area contributed by atoms with Gasteiger partial charge in [-0.15, -0.1) is 0 Å². The number of rotatable bonds is 2. The predicted octanol–water partition coefficient (Wildman–Crippen LogP) is 2.42. The van der Waals surface area contributed by atoms with E-state index in [2.05, 4.69) is 51.4 Å². The van der Waals surface area contributed by atoms with Crippen LogP contribution in [-0.4, -0.2) is 44.3 Å². The fourth-order valence-electron chi connectivity index (χ4n) is 4.78. The average Bonchev–Trinajstić information content (AvgIpc) is 3.20. The lowest BCUT2D eigenvalue weighted by Crippen LogP contribution is -2.48. The van der Waals surface area contributed by atoms with Crippen molar-refractivity contribution >= 4 is 10.9 Å². The minimum atomic E-state index is 0.620. The lowest BCUT2D eigenvalue weighted by atomic mass is 9.72. The van der Waals surface area contributed by atoms with Gasteiger partial charge in [0.25, 0.3) is 0 Å². The maximum absolute atomic E-state index is 4.29. The molecule has 1 aromatic carbocycles. The number of fused-ring (bicyclic) bond motifs is 2. The van der Waals surface area contributed by atoms with Crippen LogP contribution in [0, 0.1) is 5.92 Å². The molecule has 0 saturated carbocycles. The van der Waals surface area contributed by atoms with Crippen molar-refractivity contribution < 1.29 is 0 Å². The first-order valence-corrected chi connectivity index (χ1v) is 8.41. The van der Waals surface area contributed by atoms with Crippen molar-refractivity contribution in [2.24, 2.45) is 5.92 Å². The Morgan fingerprint density at radius 2 is 2.30 bits per heavy atom. The SMILES string of the molecule is CN1C[C@H](Cn2cncn2)C[C@@H]2c3cccc4[nH]cc(c34)C[C@H]21. The van der Waals surface area contributed by atoms with Gasteiger partial charge in [0, 0.05) is 42.1 Å². The second kappa shape index (κ2) is 4.93. The molecule has 0 radical (unpaired) electrons. The molecule has 118 valence electrons. The first kappa shape index (κ1) is 13.3. The van der Waals surface area contributed by atoms with Crippen LogP contribution in [0.3, 0.4) is 0 Å². The lowest BCUT2D eigenvalue weighted by Gasteiger charge is -2.45. The number of aromatic nitrogens is 4. The highest BCUT2D eigenvalue weighted by Gasteiger charge is 2.39. The molecule has 5 nitrogen and oxygen atoms in total. The van der Waals surface area contributed by atoms with Gasteiger partial charge in [-0.3, -0.25) is 4.68 Å². The number of H-pyrrole nitrogens is 1. The van der Waals surface area contributed by atoms with Crippen LogP contribution < -0.4 is 0 Å². The molecule has 1 N–H and O–H groups in total. The summed E-state index contributed by atoms with van der Waals surface area (Å²) in [5, 5.41) is 5.76. The quantitative estimate of drug-likeness (QED) is 0.791. The number of aromatic amines is 1. The normalized spacial score (nSPS) is 27.3. The maximum atomic E-state index is 4.29. The van der Waals surface area contributed by atoms with Gasteiger partial charge in [0.1, 0.15) is 12.7 Å². The van der Waals surface area contributed by atoms with Crippen LogP contribution in [-0.2, 0) is 13.0 Å². The molecule has 0 spiro atoms. The van der Waals surface area contributed by atoms with Crippen molar-refractivity contribution in [2.75, 3.05) is 13.6 Å². The zero-order valence-corrected chi connectivity index (χ0v) is 13.3. The predicted molar refractivity (Wildman–Crippen MR) is 89.3 cm³/mol. The Balaban J connectivity index is 1.52. The summed E-state index contributed by atoms with van der Waals surface area (Å²) >= 11 is 0. The molecule has 0 unspecified atom stereocenters. The number of piperidine rings is 1. The van der Waals surface area contributed by atoms with Crippen LogP contribution in [0.2, 0.25) is 0 Å². The third-order valence-corrected chi connectivity index (χ3v) is 5.72. The maximum Gasteiger partial charge on any atom is 0.137 e. The molecule has 3 aromatic rings. The number of likely N-dealkylation sites (tertiary alicyclic amines) is 1. The second-order valence-electron chi connectivity index (χ2n) is 7.12. The third-order valence-electron chi connectivity index (χ3n) is 5.72. The van der Waals surface area contributed by atoms with Crippen molar-refractivity contribution in [1.82, 2.24) is 24.6 Å². The van der Waals surface area contributed by atoms with Gasteiger partial charge in [-0.25, -0.2) is 4.98 Å². The van der Waals surface area contributed by atoms with E-state index in [4.69, 9.17) is 0 Å². The molecule has 5 rings (SSSR count). The topological polar surface area (TPSA) is 49.7 Å². The van der Waals surface area contributed by atoms with E-state index in [0.29, 0.717) is 17.9 Å². The summed E-state index contributed by atoms with van der Waals surface area (Å²) in [5.41, 5.74) is 4.31. The summed E-state index contributed by atoms with van der Waals surface area (Å²) < 4.78 is 1.98. The van der Waals surface area contributed by atoms with E-state index in [0.717, 1.165) is 19.5 Å². The molecule has 3 heterocycles. The first-order valence-electron chi connectivity index (χ1n) is 8.41. The lowest BCUT2D eigenvalue weighted by molar-refractivity contribution is 0.102. The number of nitrogens with one attached hydrogen (secondary N) is 1. The van der Waals surface area contributed by atoms with Gasteiger partial charge >= 0.3 is 0 Å². The van der Waals surface area contributed by atoms with Crippen LogP contribution >= 0.6 is 0 Å². The van der Waals surface area contributed by atoms with Crippen molar-refractivity contribution in [2.45, 2.75) is 31.3 Å². The number of hydrogen-bond acceptors (Lipinski definition) is 3. The molecular weight excluding hydrogens is 286 g/mol. The van der Waals surface area contributed by atoms with Gasteiger partial charge in [-0.1, -0.05) is 12.1 Å². The van der Waals surface area contributed by atoms with E-state index in [9.17, 15) is 0 Å². The number of nitrogens with zero attached hydrogens (tertiary/aromatic N) is 4. The number of benzene rings is 1. The highest BCUT2D eigenvalue weighted by molar-refractivity contribution is 5.88. The van der Waals surface area contributed by atoms with Gasteiger partial charge in [-0.05, 0) is 43.0 Å². The highest BCUT2D eigenvalue weighted by atomic mass is 15.3. The Kier molecular flexibility index (Phi) is 2.85. The smallest absolute Gasteiger partial charge is 0.137 e. The highest BCUT2D eigenvalue weighted by Crippen LogP contribution is 2.44. The molecule has 23 heavy (non-hydrogen) atoms. The van der Waals surface area contributed by atoms with Crippen LogP contribution in [0.15, 0.2) is 37.1 Å². The minimum Gasteiger partial charge on any atom is -0.361 e. The molecule has 0 bridgehead atoms. The molecule has 0 amide bonds. The molecule has 2 aliphatic rings. The molecule has 5 heteroatoms. The van der Waals surface area contributed by atoms with Gasteiger partial charge in [-0.2, -0.15) is 5.10 Å². The van der Waals surface area contributed by atoms with Crippen LogP contribution in [0.1, 0.15) is 23.5 Å². The van der Waals surface area contributed by atoms with E-state index in [1.807, 2.05) is 11.0 Å². The number of hydrogen-bond donors (Lipinski definition) is 1. The van der Waals surface area contributed by atoms with Crippen molar-refractivity contribution in [3.05, 3.63) is 48.2 Å². The summed E-state index contributed by atoms with van der Waals surface area (Å²) in [5.74, 6) is 1.24. The fraction of sp³-hybridized carbons (Fsp3) is 0.444. The van der Waals surface area contributed by atoms with Crippen molar-refractivity contribution in [3.63, 3.8) is 0 Å². The minimum absolute atomic E-state index is 0.620. The Bertz CT molecular complexity index is 834.